The second kappa shape index (κ2) is 7.43. The van der Waals surface area contributed by atoms with Gasteiger partial charge in [-0.15, -0.1) is 11.3 Å². The molecule has 0 bridgehead atoms. The van der Waals surface area contributed by atoms with Crippen LogP contribution in [0.5, 0.6) is 0 Å². The normalized spacial score (nSPS) is 10.9. The van der Waals surface area contributed by atoms with Crippen LogP contribution in [0.4, 0.5) is 5.69 Å². The summed E-state index contributed by atoms with van der Waals surface area (Å²) >= 11 is 1.39. The van der Waals surface area contributed by atoms with Crippen molar-refractivity contribution in [1.82, 2.24) is 4.98 Å². The van der Waals surface area contributed by atoms with Gasteiger partial charge >= 0.3 is 0 Å². The number of aromatic nitrogens is 1. The van der Waals surface area contributed by atoms with Crippen LogP contribution in [-0.4, -0.2) is 10.9 Å². The fourth-order valence-corrected chi connectivity index (χ4v) is 3.05. The number of amides is 1. The third kappa shape index (κ3) is 3.74. The Bertz CT molecular complexity index is 970. The van der Waals surface area contributed by atoms with E-state index in [1.807, 2.05) is 35.7 Å². The first kappa shape index (κ1) is 16.4. The number of anilines is 1. The number of primary amides is 1. The minimum Gasteiger partial charge on any atom is -0.366 e. The molecule has 3 aromatic rings. The minimum atomic E-state index is -0.532. The van der Waals surface area contributed by atoms with Crippen LogP contribution < -0.4 is 11.1 Å². The summed E-state index contributed by atoms with van der Waals surface area (Å²) in [5.74, 6) is -0.532. The number of nitrogens with zero attached hydrogens (tertiary/aromatic N) is 2. The first-order valence-electron chi connectivity index (χ1n) is 7.46. The maximum absolute atomic E-state index is 11.5. The molecule has 25 heavy (non-hydrogen) atoms. The van der Waals surface area contributed by atoms with E-state index < -0.39 is 5.91 Å². The summed E-state index contributed by atoms with van der Waals surface area (Å²) in [6, 6.07) is 18.8. The summed E-state index contributed by atoms with van der Waals surface area (Å²) in [7, 11) is 0. The van der Waals surface area contributed by atoms with E-state index in [9.17, 15) is 10.1 Å². The van der Waals surface area contributed by atoms with Gasteiger partial charge in [0, 0.05) is 17.1 Å². The second-order valence-corrected chi connectivity index (χ2v) is 5.99. The Balaban J connectivity index is 1.87. The molecule has 122 valence electrons. The number of hydrogen-bond donors (Lipinski definition) is 2. The fourth-order valence-electron chi connectivity index (χ4n) is 2.25. The summed E-state index contributed by atoms with van der Waals surface area (Å²) in [4.78, 5) is 16.0. The number of benzene rings is 2. The molecule has 0 saturated carbocycles. The van der Waals surface area contributed by atoms with Crippen LogP contribution in [0.1, 0.15) is 15.4 Å². The number of carbonyl (C=O) groups excluding carboxylic acids is 1. The topological polar surface area (TPSA) is 91.8 Å². The van der Waals surface area contributed by atoms with E-state index in [1.165, 1.54) is 17.5 Å². The molecule has 2 aromatic carbocycles. The van der Waals surface area contributed by atoms with E-state index >= 15 is 0 Å². The van der Waals surface area contributed by atoms with Crippen LogP contribution >= 0.6 is 11.3 Å². The highest BCUT2D eigenvalue weighted by atomic mass is 32.1. The molecule has 3 N–H and O–H groups in total. The Morgan fingerprint density at radius 2 is 1.88 bits per heavy atom. The lowest BCUT2D eigenvalue weighted by Crippen LogP contribution is -2.13. The number of allylic oxidation sites excluding steroid dienone is 1. The first-order valence-corrected chi connectivity index (χ1v) is 8.34. The van der Waals surface area contributed by atoms with Gasteiger partial charge in [-0.3, -0.25) is 4.79 Å². The lowest BCUT2D eigenvalue weighted by atomic mass is 10.1. The van der Waals surface area contributed by atoms with Crippen molar-refractivity contribution in [3.05, 3.63) is 76.7 Å². The second-order valence-electron chi connectivity index (χ2n) is 5.13. The van der Waals surface area contributed by atoms with Crippen molar-refractivity contribution in [2.75, 3.05) is 5.32 Å². The van der Waals surface area contributed by atoms with Crippen molar-refractivity contribution in [2.45, 2.75) is 0 Å². The van der Waals surface area contributed by atoms with Crippen molar-refractivity contribution < 1.29 is 4.79 Å². The number of carbonyl (C=O) groups is 1. The van der Waals surface area contributed by atoms with Crippen molar-refractivity contribution >= 4 is 28.5 Å². The highest BCUT2D eigenvalue weighted by Crippen LogP contribution is 2.26. The van der Waals surface area contributed by atoms with Gasteiger partial charge in [-0.1, -0.05) is 42.5 Å². The van der Waals surface area contributed by atoms with E-state index in [2.05, 4.69) is 16.4 Å². The van der Waals surface area contributed by atoms with Gasteiger partial charge in [-0.25, -0.2) is 4.98 Å². The number of nitrogens with two attached hydrogens (primary N) is 1. The monoisotopic (exact) mass is 346 g/mol. The maximum atomic E-state index is 11.5. The largest absolute Gasteiger partial charge is 0.366 e. The summed E-state index contributed by atoms with van der Waals surface area (Å²) in [6.45, 7) is 0. The maximum Gasteiger partial charge on any atom is 0.250 e. The van der Waals surface area contributed by atoms with Crippen LogP contribution in [0.25, 0.3) is 16.8 Å². The van der Waals surface area contributed by atoms with Crippen molar-refractivity contribution in [3.63, 3.8) is 0 Å². The Kier molecular flexibility index (Phi) is 4.88. The summed E-state index contributed by atoms with van der Waals surface area (Å²) < 4.78 is 0. The van der Waals surface area contributed by atoms with Gasteiger partial charge in [-0.05, 0) is 12.1 Å². The first-order chi connectivity index (χ1) is 12.2. The Morgan fingerprint density at radius 3 is 2.60 bits per heavy atom. The van der Waals surface area contributed by atoms with Gasteiger partial charge in [0.05, 0.1) is 16.9 Å². The number of para-hydroxylation sites is 1. The minimum absolute atomic E-state index is 0.361. The molecular formula is C19H14N4OS. The van der Waals surface area contributed by atoms with Crippen LogP contribution in [0, 0.1) is 11.3 Å². The molecule has 0 spiro atoms. The number of thiazole rings is 1. The Hall–Kier alpha value is -3.43. The van der Waals surface area contributed by atoms with Crippen molar-refractivity contribution in [2.24, 2.45) is 5.73 Å². The molecule has 1 heterocycles. The smallest absolute Gasteiger partial charge is 0.250 e. The molecule has 0 radical (unpaired) electrons. The summed E-state index contributed by atoms with van der Waals surface area (Å²) in [5, 5.41) is 14.9. The molecule has 1 amide bonds. The van der Waals surface area contributed by atoms with Gasteiger partial charge in [0.15, 0.2) is 0 Å². The van der Waals surface area contributed by atoms with Crippen LogP contribution in [0.3, 0.4) is 0 Å². The molecule has 0 unspecified atom stereocenters. The number of rotatable bonds is 5. The standard InChI is InChI=1S/C19H14N4OS/c20-10-14(11-22-16-9-5-4-8-15(16)18(21)24)19-23-17(12-25-19)13-6-2-1-3-7-13/h1-9,11-12,22H,(H2,21,24)/b14-11+. The predicted molar refractivity (Wildman–Crippen MR) is 99.7 cm³/mol. The van der Waals surface area contributed by atoms with E-state index in [-0.39, 0.29) is 0 Å². The van der Waals surface area contributed by atoms with E-state index in [0.717, 1.165) is 11.3 Å². The number of hydrogen-bond acceptors (Lipinski definition) is 5. The summed E-state index contributed by atoms with van der Waals surface area (Å²) in [6.07, 6.45) is 1.54. The van der Waals surface area contributed by atoms with Crippen LogP contribution in [0.2, 0.25) is 0 Å². The number of nitriles is 1. The zero-order valence-electron chi connectivity index (χ0n) is 13.1. The van der Waals surface area contributed by atoms with E-state index in [1.54, 1.807) is 24.3 Å². The SMILES string of the molecule is N#C/C(=C\Nc1ccccc1C(N)=O)c1nc(-c2ccccc2)cs1. The predicted octanol–water partition coefficient (Wildman–Crippen LogP) is 3.89. The average Bonchev–Trinajstić information content (AvgIpc) is 3.13. The lowest BCUT2D eigenvalue weighted by Gasteiger charge is -2.06. The fraction of sp³-hybridized carbons (Fsp3) is 0. The third-order valence-corrected chi connectivity index (χ3v) is 4.36. The van der Waals surface area contributed by atoms with Crippen molar-refractivity contribution in [3.8, 4) is 17.3 Å². The van der Waals surface area contributed by atoms with Gasteiger partial charge in [0.1, 0.15) is 16.6 Å². The van der Waals surface area contributed by atoms with E-state index in [0.29, 0.717) is 21.8 Å². The van der Waals surface area contributed by atoms with Crippen LogP contribution in [0.15, 0.2) is 66.2 Å². The van der Waals surface area contributed by atoms with Crippen molar-refractivity contribution in [1.29, 1.82) is 5.26 Å². The molecule has 0 aliphatic carbocycles. The molecule has 1 aromatic heterocycles. The Morgan fingerprint density at radius 1 is 1.16 bits per heavy atom. The Labute approximate surface area is 149 Å². The van der Waals surface area contributed by atoms with Gasteiger partial charge in [0.2, 0.25) is 0 Å². The molecular weight excluding hydrogens is 332 g/mol. The summed E-state index contributed by atoms with van der Waals surface area (Å²) in [5.41, 5.74) is 8.46. The zero-order valence-corrected chi connectivity index (χ0v) is 14.0. The molecule has 6 heteroatoms. The number of nitrogens with one attached hydrogen (secondary N) is 1. The molecule has 0 fully saturated rings. The molecule has 0 aliphatic rings. The molecule has 0 saturated heterocycles. The van der Waals surface area contributed by atoms with E-state index in [4.69, 9.17) is 5.73 Å². The average molecular weight is 346 g/mol. The van der Waals surface area contributed by atoms with Crippen LogP contribution in [-0.2, 0) is 0 Å². The molecule has 0 aliphatic heterocycles. The van der Waals surface area contributed by atoms with Gasteiger partial charge in [0.25, 0.3) is 5.91 Å². The highest BCUT2D eigenvalue weighted by Gasteiger charge is 2.10. The molecule has 0 atom stereocenters. The molecule has 3 rings (SSSR count). The highest BCUT2D eigenvalue weighted by molar-refractivity contribution is 7.11. The van der Waals surface area contributed by atoms with Gasteiger partial charge < -0.3 is 11.1 Å². The lowest BCUT2D eigenvalue weighted by molar-refractivity contribution is 0.100. The molecule has 5 nitrogen and oxygen atoms in total. The van der Waals surface area contributed by atoms with Gasteiger partial charge in [-0.2, -0.15) is 5.26 Å². The quantitative estimate of drug-likeness (QED) is 0.686. The third-order valence-electron chi connectivity index (χ3n) is 3.49. The zero-order chi connectivity index (χ0) is 17.6.